The highest BCUT2D eigenvalue weighted by Gasteiger charge is 2.43. The standard InChI is InChI=1S/C15H22ClN3O2S/c1-4-17-13(21)15(7-5-6-8-15)19-12(20)10-11(9(2)3)22-14(16)18-10/h9H,4-8H2,1-3H3,(H,17,21)(H,19,20). The number of amides is 2. The first-order chi connectivity index (χ1) is 10.4. The quantitative estimate of drug-likeness (QED) is 0.863. The number of thiazole rings is 1. The van der Waals surface area contributed by atoms with Crippen molar-refractivity contribution in [1.29, 1.82) is 0 Å². The Bertz CT molecular complexity index is 565. The third-order valence-electron chi connectivity index (χ3n) is 3.95. The lowest BCUT2D eigenvalue weighted by Crippen LogP contribution is -2.57. The molecule has 0 atom stereocenters. The van der Waals surface area contributed by atoms with Crippen LogP contribution in [0.2, 0.25) is 4.47 Å². The molecule has 122 valence electrons. The molecule has 0 radical (unpaired) electrons. The van der Waals surface area contributed by atoms with E-state index in [2.05, 4.69) is 15.6 Å². The predicted octanol–water partition coefficient (Wildman–Crippen LogP) is 3.10. The highest BCUT2D eigenvalue weighted by molar-refractivity contribution is 7.16. The number of hydrogen-bond acceptors (Lipinski definition) is 4. The summed E-state index contributed by atoms with van der Waals surface area (Å²) in [5, 5.41) is 5.77. The fourth-order valence-electron chi connectivity index (χ4n) is 2.85. The minimum Gasteiger partial charge on any atom is -0.354 e. The Hall–Kier alpha value is -1.14. The van der Waals surface area contributed by atoms with Crippen molar-refractivity contribution in [3.05, 3.63) is 15.0 Å². The van der Waals surface area contributed by atoms with E-state index < -0.39 is 5.54 Å². The van der Waals surface area contributed by atoms with Gasteiger partial charge in [0.1, 0.15) is 11.2 Å². The van der Waals surface area contributed by atoms with E-state index in [0.717, 1.165) is 17.7 Å². The van der Waals surface area contributed by atoms with Gasteiger partial charge >= 0.3 is 0 Å². The van der Waals surface area contributed by atoms with Gasteiger partial charge in [0, 0.05) is 11.4 Å². The normalized spacial score (nSPS) is 16.8. The summed E-state index contributed by atoms with van der Waals surface area (Å²) in [6.07, 6.45) is 3.21. The van der Waals surface area contributed by atoms with E-state index in [-0.39, 0.29) is 17.7 Å². The molecule has 1 fully saturated rings. The van der Waals surface area contributed by atoms with Crippen LogP contribution >= 0.6 is 22.9 Å². The number of halogens is 1. The second-order valence-corrected chi connectivity index (χ2v) is 7.55. The monoisotopic (exact) mass is 343 g/mol. The number of aromatic nitrogens is 1. The fourth-order valence-corrected chi connectivity index (χ4v) is 3.98. The van der Waals surface area contributed by atoms with Crippen molar-refractivity contribution in [2.24, 2.45) is 0 Å². The molecule has 0 saturated heterocycles. The Labute approximate surface area is 139 Å². The Morgan fingerprint density at radius 2 is 2.00 bits per heavy atom. The van der Waals surface area contributed by atoms with Crippen molar-refractivity contribution in [3.8, 4) is 0 Å². The van der Waals surface area contributed by atoms with E-state index in [1.807, 2.05) is 20.8 Å². The first kappa shape index (κ1) is 17.2. The molecule has 1 heterocycles. The van der Waals surface area contributed by atoms with Crippen molar-refractivity contribution in [3.63, 3.8) is 0 Å². The average molecular weight is 344 g/mol. The lowest BCUT2D eigenvalue weighted by atomic mass is 9.95. The minimum absolute atomic E-state index is 0.103. The van der Waals surface area contributed by atoms with Gasteiger partial charge in [0.25, 0.3) is 5.91 Å². The summed E-state index contributed by atoms with van der Waals surface area (Å²) in [5.74, 6) is -0.247. The predicted molar refractivity (Wildman–Crippen MR) is 88.6 cm³/mol. The summed E-state index contributed by atoms with van der Waals surface area (Å²) in [4.78, 5) is 30.0. The summed E-state index contributed by atoms with van der Waals surface area (Å²) < 4.78 is 0.354. The number of carbonyl (C=O) groups excluding carboxylic acids is 2. The van der Waals surface area contributed by atoms with E-state index in [1.165, 1.54) is 11.3 Å². The van der Waals surface area contributed by atoms with Crippen LogP contribution in [-0.4, -0.2) is 28.9 Å². The molecule has 5 nitrogen and oxygen atoms in total. The minimum atomic E-state index is -0.808. The molecular formula is C15H22ClN3O2S. The number of likely N-dealkylation sites (N-methyl/N-ethyl adjacent to an activating group) is 1. The molecule has 0 spiro atoms. The average Bonchev–Trinajstić information content (AvgIpc) is 3.06. The first-order valence-electron chi connectivity index (χ1n) is 7.66. The third-order valence-corrected chi connectivity index (χ3v) is 5.41. The molecule has 7 heteroatoms. The van der Waals surface area contributed by atoms with E-state index in [9.17, 15) is 9.59 Å². The van der Waals surface area contributed by atoms with Gasteiger partial charge in [-0.05, 0) is 25.7 Å². The maximum absolute atomic E-state index is 12.6. The molecular weight excluding hydrogens is 322 g/mol. The SMILES string of the molecule is CCNC(=O)C1(NC(=O)c2nc(Cl)sc2C(C)C)CCCC1. The summed E-state index contributed by atoms with van der Waals surface area (Å²) >= 11 is 7.28. The molecule has 22 heavy (non-hydrogen) atoms. The number of nitrogens with one attached hydrogen (secondary N) is 2. The zero-order valence-electron chi connectivity index (χ0n) is 13.2. The zero-order chi connectivity index (χ0) is 16.3. The maximum atomic E-state index is 12.6. The topological polar surface area (TPSA) is 71.1 Å². The summed E-state index contributed by atoms with van der Waals surface area (Å²) in [6, 6.07) is 0. The lowest BCUT2D eigenvalue weighted by molar-refractivity contribution is -0.127. The van der Waals surface area contributed by atoms with Crippen LogP contribution in [0, 0.1) is 0 Å². The Morgan fingerprint density at radius 1 is 1.36 bits per heavy atom. The number of hydrogen-bond donors (Lipinski definition) is 2. The fraction of sp³-hybridized carbons (Fsp3) is 0.667. The third kappa shape index (κ3) is 3.43. The van der Waals surface area contributed by atoms with Gasteiger partial charge < -0.3 is 10.6 Å². The van der Waals surface area contributed by atoms with Crippen LogP contribution in [0.5, 0.6) is 0 Å². The Balaban J connectivity index is 2.24. The van der Waals surface area contributed by atoms with Crippen LogP contribution in [-0.2, 0) is 4.79 Å². The highest BCUT2D eigenvalue weighted by atomic mass is 35.5. The molecule has 0 aliphatic heterocycles. The summed E-state index contributed by atoms with van der Waals surface area (Å²) in [5.41, 5.74) is -0.460. The summed E-state index contributed by atoms with van der Waals surface area (Å²) in [6.45, 7) is 6.42. The second kappa shape index (κ2) is 6.96. The molecule has 1 aromatic rings. The Kier molecular flexibility index (Phi) is 5.45. The highest BCUT2D eigenvalue weighted by Crippen LogP contribution is 2.33. The molecule has 1 aliphatic rings. The number of rotatable bonds is 5. The Morgan fingerprint density at radius 3 is 2.55 bits per heavy atom. The molecule has 0 aromatic carbocycles. The first-order valence-corrected chi connectivity index (χ1v) is 8.86. The van der Waals surface area contributed by atoms with Crippen molar-refractivity contribution in [2.45, 2.75) is 57.9 Å². The van der Waals surface area contributed by atoms with E-state index in [4.69, 9.17) is 11.6 Å². The summed E-state index contributed by atoms with van der Waals surface area (Å²) in [7, 11) is 0. The second-order valence-electron chi connectivity index (χ2n) is 5.94. The van der Waals surface area contributed by atoms with Gasteiger partial charge in [-0.3, -0.25) is 9.59 Å². The van der Waals surface area contributed by atoms with Crippen LogP contribution < -0.4 is 10.6 Å². The largest absolute Gasteiger partial charge is 0.354 e. The van der Waals surface area contributed by atoms with Gasteiger partial charge in [0.05, 0.1) is 0 Å². The van der Waals surface area contributed by atoms with Gasteiger partial charge in [-0.2, -0.15) is 0 Å². The molecule has 0 unspecified atom stereocenters. The van der Waals surface area contributed by atoms with Gasteiger partial charge in [-0.25, -0.2) is 4.98 Å². The van der Waals surface area contributed by atoms with Crippen molar-refractivity contribution in [1.82, 2.24) is 15.6 Å². The van der Waals surface area contributed by atoms with Gasteiger partial charge in [0.2, 0.25) is 5.91 Å². The molecule has 1 aliphatic carbocycles. The molecule has 2 N–H and O–H groups in total. The van der Waals surface area contributed by atoms with Crippen molar-refractivity contribution >= 4 is 34.8 Å². The maximum Gasteiger partial charge on any atom is 0.271 e. The van der Waals surface area contributed by atoms with E-state index >= 15 is 0 Å². The molecule has 0 bridgehead atoms. The number of nitrogens with zero attached hydrogens (tertiary/aromatic N) is 1. The van der Waals surface area contributed by atoms with Crippen LogP contribution in [0.4, 0.5) is 0 Å². The molecule has 2 amide bonds. The van der Waals surface area contributed by atoms with Crippen molar-refractivity contribution < 1.29 is 9.59 Å². The van der Waals surface area contributed by atoms with Crippen LogP contribution in [0.3, 0.4) is 0 Å². The van der Waals surface area contributed by atoms with Crippen molar-refractivity contribution in [2.75, 3.05) is 6.54 Å². The van der Waals surface area contributed by atoms with Crippen LogP contribution in [0.1, 0.15) is 67.7 Å². The van der Waals surface area contributed by atoms with Crippen LogP contribution in [0.15, 0.2) is 0 Å². The molecule has 1 aromatic heterocycles. The van der Waals surface area contributed by atoms with Gasteiger partial charge in [-0.15, -0.1) is 11.3 Å². The number of carbonyl (C=O) groups is 2. The van der Waals surface area contributed by atoms with E-state index in [0.29, 0.717) is 29.5 Å². The molecule has 2 rings (SSSR count). The van der Waals surface area contributed by atoms with Gasteiger partial charge in [0.15, 0.2) is 4.47 Å². The van der Waals surface area contributed by atoms with Gasteiger partial charge in [-0.1, -0.05) is 38.3 Å². The molecule has 1 saturated carbocycles. The lowest BCUT2D eigenvalue weighted by Gasteiger charge is -2.28. The smallest absolute Gasteiger partial charge is 0.271 e. The van der Waals surface area contributed by atoms with Crippen LogP contribution in [0.25, 0.3) is 0 Å². The zero-order valence-corrected chi connectivity index (χ0v) is 14.7. The van der Waals surface area contributed by atoms with E-state index in [1.54, 1.807) is 0 Å².